The van der Waals surface area contributed by atoms with E-state index < -0.39 is 46.4 Å². The number of hydrogen-bond donors (Lipinski definition) is 1. The number of halogens is 1. The Labute approximate surface area is 220 Å². The highest BCUT2D eigenvalue weighted by atomic mass is 35.5. The van der Waals surface area contributed by atoms with Gasteiger partial charge in [0.15, 0.2) is 5.75 Å². The Morgan fingerprint density at radius 2 is 1.74 bits per heavy atom. The highest BCUT2D eigenvalue weighted by molar-refractivity contribution is 6.30. The average molecular weight is 551 g/mol. The van der Waals surface area contributed by atoms with Gasteiger partial charge in [0.1, 0.15) is 18.3 Å². The van der Waals surface area contributed by atoms with Gasteiger partial charge in [-0.2, -0.15) is 0 Å². The lowest BCUT2D eigenvalue weighted by Crippen LogP contribution is -2.34. The number of carbonyl (C=O) groups is 2. The lowest BCUT2D eigenvalue weighted by Gasteiger charge is -2.14. The van der Waals surface area contributed by atoms with Crippen molar-refractivity contribution in [1.29, 1.82) is 0 Å². The van der Waals surface area contributed by atoms with E-state index in [1.165, 1.54) is 0 Å². The fourth-order valence-electron chi connectivity index (χ4n) is 4.53. The number of fused-ring (bicyclic) bond motifs is 1. The number of carbonyl (C=O) groups excluding carboxylic acids is 2. The number of ether oxygens (including phenoxy) is 2. The normalized spacial score (nSPS) is 21.8. The number of aryl methyl sites for hydroxylation is 1. The fraction of sp³-hybridized carbons (Fsp3) is 0.435. The van der Waals surface area contributed by atoms with Crippen molar-refractivity contribution < 1.29 is 38.9 Å². The molecular formula is C23H23ClN4O10. The van der Waals surface area contributed by atoms with E-state index in [-0.39, 0.29) is 38.0 Å². The number of pyridine rings is 1. The van der Waals surface area contributed by atoms with Crippen LogP contribution in [0.5, 0.6) is 5.75 Å². The summed E-state index contributed by atoms with van der Waals surface area (Å²) < 4.78 is 11.5. The number of benzene rings is 1. The largest absolute Gasteiger partial charge is 0.424 e. The zero-order valence-electron chi connectivity index (χ0n) is 20.0. The summed E-state index contributed by atoms with van der Waals surface area (Å²) in [6.45, 7) is 1.90. The molecule has 4 atom stereocenters. The van der Waals surface area contributed by atoms with Crippen molar-refractivity contribution in [2.24, 2.45) is 0 Å². The lowest BCUT2D eigenvalue weighted by atomic mass is 10.0. The van der Waals surface area contributed by atoms with Crippen LogP contribution in [0, 0.1) is 27.2 Å². The van der Waals surface area contributed by atoms with Gasteiger partial charge in [-0.3, -0.25) is 14.6 Å². The first-order chi connectivity index (χ1) is 18.1. The van der Waals surface area contributed by atoms with Crippen molar-refractivity contribution in [3.63, 3.8) is 0 Å². The van der Waals surface area contributed by atoms with E-state index in [1.54, 1.807) is 25.3 Å². The molecule has 2 heterocycles. The van der Waals surface area contributed by atoms with Crippen LogP contribution in [0.1, 0.15) is 54.2 Å². The van der Waals surface area contributed by atoms with Crippen LogP contribution < -0.4 is 10.1 Å². The Balaban J connectivity index is 1.33. The summed E-state index contributed by atoms with van der Waals surface area (Å²) in [5.74, 6) is -0.920. The molecule has 202 valence electrons. The molecule has 1 aliphatic carbocycles. The minimum Gasteiger partial charge on any atom is -0.424 e. The van der Waals surface area contributed by atoms with Crippen molar-refractivity contribution in [2.75, 3.05) is 0 Å². The smallest absolute Gasteiger partial charge is 0.311 e. The Morgan fingerprint density at radius 1 is 1.11 bits per heavy atom. The highest BCUT2D eigenvalue weighted by Gasteiger charge is 2.40. The summed E-state index contributed by atoms with van der Waals surface area (Å²) in [5.41, 5.74) is 2.81. The van der Waals surface area contributed by atoms with Gasteiger partial charge in [0.2, 0.25) is 5.91 Å². The average Bonchev–Trinajstić information content (AvgIpc) is 3.43. The van der Waals surface area contributed by atoms with E-state index in [9.17, 15) is 29.8 Å². The van der Waals surface area contributed by atoms with Gasteiger partial charge in [0.05, 0.1) is 18.7 Å². The van der Waals surface area contributed by atoms with E-state index in [0.717, 1.165) is 11.1 Å². The maximum Gasteiger partial charge on any atom is 0.311 e. The molecule has 14 nitrogen and oxygen atoms in total. The summed E-state index contributed by atoms with van der Waals surface area (Å²) in [5, 5.41) is 22.3. The molecule has 1 aromatic carbocycles. The van der Waals surface area contributed by atoms with Crippen LogP contribution >= 0.6 is 11.6 Å². The van der Waals surface area contributed by atoms with Crippen LogP contribution in [0.3, 0.4) is 0 Å². The maximum absolute atomic E-state index is 12.6. The molecule has 0 spiro atoms. The van der Waals surface area contributed by atoms with Crippen LogP contribution in [0.15, 0.2) is 30.5 Å². The van der Waals surface area contributed by atoms with Crippen LogP contribution in [0.4, 0.5) is 0 Å². The topological polar surface area (TPSA) is 182 Å². The van der Waals surface area contributed by atoms with Crippen molar-refractivity contribution in [2.45, 2.75) is 63.6 Å². The number of esters is 1. The molecule has 0 radical (unpaired) electrons. The molecule has 1 aromatic heterocycles. The number of rotatable bonds is 10. The first kappa shape index (κ1) is 27.0. The maximum atomic E-state index is 12.6. The quantitative estimate of drug-likeness (QED) is 0.261. The summed E-state index contributed by atoms with van der Waals surface area (Å²) >= 11 is 5.97. The van der Waals surface area contributed by atoms with Gasteiger partial charge < -0.3 is 24.5 Å². The third kappa shape index (κ3) is 6.44. The van der Waals surface area contributed by atoms with Gasteiger partial charge in [0.25, 0.3) is 10.2 Å². The third-order valence-corrected chi connectivity index (χ3v) is 6.48. The number of amides is 1. The van der Waals surface area contributed by atoms with E-state index in [2.05, 4.69) is 20.0 Å². The van der Waals surface area contributed by atoms with Crippen LogP contribution in [0.25, 0.3) is 0 Å². The molecule has 2 unspecified atom stereocenters. The van der Waals surface area contributed by atoms with E-state index >= 15 is 0 Å². The Hall–Kier alpha value is -4.04. The van der Waals surface area contributed by atoms with Crippen LogP contribution in [0.2, 0.25) is 5.02 Å². The fourth-order valence-corrected chi connectivity index (χ4v) is 4.66. The molecule has 4 rings (SSSR count). The molecule has 0 bridgehead atoms. The molecule has 1 aliphatic heterocycles. The Bertz CT molecular complexity index is 1220. The van der Waals surface area contributed by atoms with Gasteiger partial charge in [-0.05, 0) is 37.5 Å². The summed E-state index contributed by atoms with van der Waals surface area (Å²) in [6, 6.07) is 6.52. The highest BCUT2D eigenvalue weighted by Crippen LogP contribution is 2.41. The van der Waals surface area contributed by atoms with Crippen molar-refractivity contribution in [3.05, 3.63) is 78.1 Å². The number of aromatic nitrogens is 1. The summed E-state index contributed by atoms with van der Waals surface area (Å²) in [6.07, 6.45) is -1.75. The van der Waals surface area contributed by atoms with E-state index in [4.69, 9.17) is 21.1 Å². The second kappa shape index (κ2) is 11.6. The lowest BCUT2D eigenvalue weighted by molar-refractivity contribution is -0.797. The predicted octanol–water partition coefficient (Wildman–Crippen LogP) is 2.78. The first-order valence-electron chi connectivity index (χ1n) is 11.6. The number of hydrogen-bond acceptors (Lipinski definition) is 11. The number of nitrogens with one attached hydrogen (secondary N) is 1. The minimum absolute atomic E-state index is 0.0640. The minimum atomic E-state index is -1.21. The van der Waals surface area contributed by atoms with Gasteiger partial charge in [-0.1, -0.05) is 23.7 Å². The summed E-state index contributed by atoms with van der Waals surface area (Å²) in [4.78, 5) is 59.4. The van der Waals surface area contributed by atoms with Gasteiger partial charge in [-0.15, -0.1) is 20.2 Å². The van der Waals surface area contributed by atoms with Gasteiger partial charge in [0, 0.05) is 34.8 Å². The molecule has 1 N–H and O–H groups in total. The van der Waals surface area contributed by atoms with Gasteiger partial charge >= 0.3 is 5.97 Å². The zero-order chi connectivity index (χ0) is 27.4. The van der Waals surface area contributed by atoms with Crippen molar-refractivity contribution in [3.8, 4) is 5.75 Å². The monoisotopic (exact) mass is 550 g/mol. The predicted molar refractivity (Wildman–Crippen MR) is 127 cm³/mol. The van der Waals surface area contributed by atoms with E-state index in [0.29, 0.717) is 16.3 Å². The first-order valence-corrected chi connectivity index (χ1v) is 12.0. The zero-order valence-corrected chi connectivity index (χ0v) is 20.8. The molecule has 15 heteroatoms. The standard InChI is InChI=1S/C23H23ClN4O10/c1-12-22(17-11-35-23(16(17)10-25-12)13-2-4-14(24)5-3-13)36-21(30)7-6-20(29)26-15-8-18(37-27(31)32)19(9-15)38-28(33)34/h2-5,10,15,18-19,23H,6-9,11H2,1H3,(H,26,29)/t15?,18-,19?,23+/m1/s1. The summed E-state index contributed by atoms with van der Waals surface area (Å²) in [7, 11) is 0. The molecule has 1 fully saturated rings. The molecule has 2 aromatic rings. The van der Waals surface area contributed by atoms with E-state index in [1.807, 2.05) is 12.1 Å². The second-order valence-electron chi connectivity index (χ2n) is 8.79. The van der Waals surface area contributed by atoms with Crippen molar-refractivity contribution >= 4 is 23.5 Å². The Kier molecular flexibility index (Phi) is 8.22. The molecule has 1 amide bonds. The van der Waals surface area contributed by atoms with Crippen LogP contribution in [-0.2, 0) is 30.6 Å². The van der Waals surface area contributed by atoms with Crippen molar-refractivity contribution in [1.82, 2.24) is 10.3 Å². The SMILES string of the molecule is Cc1ncc2c(c1OC(=O)CCC(=O)NC1CC(O[N+](=O)[O-])[C@H](O[N+](=O)[O-])C1)CO[C@H]2c1ccc(Cl)cc1. The third-order valence-electron chi connectivity index (χ3n) is 6.23. The Morgan fingerprint density at radius 3 is 2.34 bits per heavy atom. The molecule has 1 saturated carbocycles. The molecule has 0 saturated heterocycles. The molecular weight excluding hydrogens is 528 g/mol. The van der Waals surface area contributed by atoms with Crippen LogP contribution in [-0.4, -0.2) is 45.3 Å². The number of nitrogens with zero attached hydrogens (tertiary/aromatic N) is 3. The molecule has 2 aliphatic rings. The molecule has 38 heavy (non-hydrogen) atoms. The second-order valence-corrected chi connectivity index (χ2v) is 9.23. The van der Waals surface area contributed by atoms with Gasteiger partial charge in [-0.25, -0.2) is 0 Å².